The lowest BCUT2D eigenvalue weighted by molar-refractivity contribution is -0.139. The van der Waals surface area contributed by atoms with Gasteiger partial charge in [-0.05, 0) is 43.2 Å². The van der Waals surface area contributed by atoms with Crippen LogP contribution in [0.5, 0.6) is 0 Å². The highest BCUT2D eigenvalue weighted by Crippen LogP contribution is 2.35. The number of anilines is 1. The van der Waals surface area contributed by atoms with Crippen molar-refractivity contribution in [2.75, 3.05) is 23.7 Å². The van der Waals surface area contributed by atoms with Gasteiger partial charge in [0, 0.05) is 18.1 Å². The van der Waals surface area contributed by atoms with Gasteiger partial charge in [-0.25, -0.2) is 8.42 Å². The van der Waals surface area contributed by atoms with Crippen molar-refractivity contribution in [2.45, 2.75) is 39.3 Å². The van der Waals surface area contributed by atoms with Crippen LogP contribution in [0.15, 0.2) is 36.4 Å². The molecule has 0 heterocycles. The molecule has 0 fully saturated rings. The van der Waals surface area contributed by atoms with Crippen LogP contribution >= 0.6 is 46.4 Å². The van der Waals surface area contributed by atoms with E-state index in [1.54, 1.807) is 31.2 Å². The second kappa shape index (κ2) is 13.0. The number of carbonyl (C=O) groups is 2. The third-order valence-electron chi connectivity index (χ3n) is 5.20. The number of nitrogens with one attached hydrogen (secondary N) is 1. The van der Waals surface area contributed by atoms with Gasteiger partial charge in [0.2, 0.25) is 21.8 Å². The van der Waals surface area contributed by atoms with Crippen LogP contribution < -0.4 is 9.62 Å². The van der Waals surface area contributed by atoms with Crippen LogP contribution in [0, 0.1) is 0 Å². The minimum absolute atomic E-state index is 0.00316. The molecule has 0 unspecified atom stereocenters. The van der Waals surface area contributed by atoms with E-state index in [1.165, 1.54) is 17.0 Å². The molecular formula is C23H27Cl4N3O4S. The fourth-order valence-electron chi connectivity index (χ4n) is 3.20. The standard InChI is InChI=1S/C23H27Cl4N3O4S/c1-4-5-10-28-23(32)15(2)29(13-16-6-8-17(24)9-7-16)22(31)14-30(35(3,33)34)21-12-19(26)18(25)11-20(21)27/h6-9,11-12,15H,4-5,10,13-14H2,1-3H3,(H,28,32)/t15-/m0/s1. The van der Waals surface area contributed by atoms with E-state index in [0.717, 1.165) is 29.0 Å². The Morgan fingerprint density at radius 1 is 1.00 bits per heavy atom. The molecular weight excluding hydrogens is 556 g/mol. The van der Waals surface area contributed by atoms with Gasteiger partial charge in [0.1, 0.15) is 12.6 Å². The number of sulfonamides is 1. The molecule has 2 aromatic carbocycles. The molecule has 12 heteroatoms. The summed E-state index contributed by atoms with van der Waals surface area (Å²) in [7, 11) is -3.96. The van der Waals surface area contributed by atoms with Crippen LogP contribution in [0.3, 0.4) is 0 Å². The zero-order chi connectivity index (χ0) is 26.3. The predicted molar refractivity (Wildman–Crippen MR) is 143 cm³/mol. The van der Waals surface area contributed by atoms with Crippen LogP contribution in [0.4, 0.5) is 5.69 Å². The summed E-state index contributed by atoms with van der Waals surface area (Å²) < 4.78 is 26.1. The average molecular weight is 583 g/mol. The Balaban J connectivity index is 2.41. The van der Waals surface area contributed by atoms with Crippen LogP contribution in [0.2, 0.25) is 20.1 Å². The highest BCUT2D eigenvalue weighted by Gasteiger charge is 2.31. The van der Waals surface area contributed by atoms with Crippen LogP contribution in [-0.2, 0) is 26.2 Å². The summed E-state index contributed by atoms with van der Waals surface area (Å²) in [6.45, 7) is 3.52. The van der Waals surface area contributed by atoms with Crippen molar-refractivity contribution in [3.05, 3.63) is 62.1 Å². The molecule has 1 atom stereocenters. The molecule has 0 aliphatic heterocycles. The lowest BCUT2D eigenvalue weighted by Crippen LogP contribution is -2.51. The summed E-state index contributed by atoms with van der Waals surface area (Å²) in [5.74, 6) is -0.954. The Morgan fingerprint density at radius 3 is 2.17 bits per heavy atom. The van der Waals surface area contributed by atoms with Gasteiger partial charge in [0.25, 0.3) is 0 Å². The number of rotatable bonds is 11. The molecule has 0 aromatic heterocycles. The normalized spacial score (nSPS) is 12.2. The SMILES string of the molecule is CCCCNC(=O)[C@H](C)N(Cc1ccc(Cl)cc1)C(=O)CN(c1cc(Cl)c(Cl)cc1Cl)S(C)(=O)=O. The number of hydrogen-bond donors (Lipinski definition) is 1. The molecule has 0 saturated heterocycles. The third kappa shape index (κ3) is 8.43. The first-order chi connectivity index (χ1) is 16.3. The Kier molecular flexibility index (Phi) is 11.0. The average Bonchev–Trinajstić information content (AvgIpc) is 2.78. The van der Waals surface area contributed by atoms with Crippen molar-refractivity contribution in [3.8, 4) is 0 Å². The van der Waals surface area contributed by atoms with E-state index >= 15 is 0 Å². The van der Waals surface area contributed by atoms with E-state index in [1.807, 2.05) is 6.92 Å². The van der Waals surface area contributed by atoms with Crippen LogP contribution in [0.25, 0.3) is 0 Å². The van der Waals surface area contributed by atoms with Gasteiger partial charge in [-0.15, -0.1) is 0 Å². The van der Waals surface area contributed by atoms with Gasteiger partial charge in [0.15, 0.2) is 0 Å². The zero-order valence-electron chi connectivity index (χ0n) is 19.5. The molecule has 2 rings (SSSR count). The summed E-state index contributed by atoms with van der Waals surface area (Å²) in [6.07, 6.45) is 2.64. The van der Waals surface area contributed by atoms with E-state index < -0.39 is 28.5 Å². The van der Waals surface area contributed by atoms with Crippen molar-refractivity contribution in [2.24, 2.45) is 0 Å². The number of halogens is 4. The fourth-order valence-corrected chi connectivity index (χ4v) is 4.88. The largest absolute Gasteiger partial charge is 0.354 e. The highest BCUT2D eigenvalue weighted by atomic mass is 35.5. The minimum atomic E-state index is -3.96. The molecule has 0 aliphatic carbocycles. The van der Waals surface area contributed by atoms with Gasteiger partial charge >= 0.3 is 0 Å². The van der Waals surface area contributed by atoms with Crippen molar-refractivity contribution in [3.63, 3.8) is 0 Å². The molecule has 0 radical (unpaired) electrons. The van der Waals surface area contributed by atoms with E-state index in [9.17, 15) is 18.0 Å². The first-order valence-corrected chi connectivity index (χ1v) is 14.1. The van der Waals surface area contributed by atoms with Gasteiger partial charge in [-0.2, -0.15) is 0 Å². The van der Waals surface area contributed by atoms with E-state index in [0.29, 0.717) is 11.6 Å². The summed E-state index contributed by atoms with van der Waals surface area (Å²) >= 11 is 24.3. The Labute approximate surface area is 226 Å². The first-order valence-electron chi connectivity index (χ1n) is 10.8. The second-order valence-electron chi connectivity index (χ2n) is 7.96. The molecule has 0 spiro atoms. The molecule has 0 aliphatic rings. The molecule has 2 amide bonds. The molecule has 0 saturated carbocycles. The van der Waals surface area contributed by atoms with Gasteiger partial charge in [0.05, 0.1) is 27.0 Å². The molecule has 192 valence electrons. The lowest BCUT2D eigenvalue weighted by Gasteiger charge is -2.31. The second-order valence-corrected chi connectivity index (χ2v) is 11.5. The first kappa shape index (κ1) is 29.5. The topological polar surface area (TPSA) is 86.8 Å². The van der Waals surface area contributed by atoms with Gasteiger partial charge in [-0.3, -0.25) is 13.9 Å². The maximum absolute atomic E-state index is 13.5. The fraction of sp³-hybridized carbons (Fsp3) is 0.391. The summed E-state index contributed by atoms with van der Waals surface area (Å²) in [5.41, 5.74) is 0.720. The van der Waals surface area contributed by atoms with E-state index in [2.05, 4.69) is 5.32 Å². The smallest absolute Gasteiger partial charge is 0.244 e. The number of unbranched alkanes of at least 4 members (excludes halogenated alkanes) is 1. The summed E-state index contributed by atoms with van der Waals surface area (Å²) in [4.78, 5) is 27.6. The number of hydrogen-bond acceptors (Lipinski definition) is 4. The van der Waals surface area contributed by atoms with Crippen molar-refractivity contribution in [1.82, 2.24) is 10.2 Å². The Morgan fingerprint density at radius 2 is 1.60 bits per heavy atom. The van der Waals surface area contributed by atoms with Crippen LogP contribution in [0.1, 0.15) is 32.3 Å². The number of benzene rings is 2. The minimum Gasteiger partial charge on any atom is -0.354 e. The quantitative estimate of drug-likeness (QED) is 0.284. The molecule has 7 nitrogen and oxygen atoms in total. The number of amides is 2. The molecule has 35 heavy (non-hydrogen) atoms. The Hall–Kier alpha value is -1.71. The number of carbonyl (C=O) groups excluding carboxylic acids is 2. The predicted octanol–water partition coefficient (Wildman–Crippen LogP) is 5.40. The van der Waals surface area contributed by atoms with Crippen LogP contribution in [-0.4, -0.2) is 50.5 Å². The van der Waals surface area contributed by atoms with Gasteiger partial charge in [-0.1, -0.05) is 71.9 Å². The monoisotopic (exact) mass is 581 g/mol. The van der Waals surface area contributed by atoms with Crippen molar-refractivity contribution >= 4 is 73.9 Å². The highest BCUT2D eigenvalue weighted by molar-refractivity contribution is 7.92. The molecule has 2 aromatic rings. The zero-order valence-corrected chi connectivity index (χ0v) is 23.4. The van der Waals surface area contributed by atoms with E-state index in [4.69, 9.17) is 46.4 Å². The van der Waals surface area contributed by atoms with Gasteiger partial charge < -0.3 is 10.2 Å². The molecule has 1 N–H and O–H groups in total. The van der Waals surface area contributed by atoms with E-state index in [-0.39, 0.29) is 33.2 Å². The lowest BCUT2D eigenvalue weighted by atomic mass is 10.1. The molecule has 0 bridgehead atoms. The summed E-state index contributed by atoms with van der Waals surface area (Å²) in [6, 6.07) is 8.51. The summed E-state index contributed by atoms with van der Waals surface area (Å²) in [5, 5.41) is 3.56. The van der Waals surface area contributed by atoms with Crippen molar-refractivity contribution in [1.29, 1.82) is 0 Å². The van der Waals surface area contributed by atoms with Crippen molar-refractivity contribution < 1.29 is 18.0 Å². The number of nitrogens with zero attached hydrogens (tertiary/aromatic N) is 2. The maximum atomic E-state index is 13.5. The maximum Gasteiger partial charge on any atom is 0.244 e. The third-order valence-corrected chi connectivity index (χ3v) is 7.60. The Bertz CT molecular complexity index is 1160.